The van der Waals surface area contributed by atoms with Crippen LogP contribution < -0.4 is 9.99 Å². The molecule has 1 unspecified atom stereocenters. The Balaban J connectivity index is 2.30. The Bertz CT molecular complexity index is 545. The lowest BCUT2D eigenvalue weighted by Gasteiger charge is -2.19. The summed E-state index contributed by atoms with van der Waals surface area (Å²) in [5, 5.41) is 3.23. The van der Waals surface area contributed by atoms with Gasteiger partial charge in [0, 0.05) is 23.8 Å². The highest BCUT2D eigenvalue weighted by Gasteiger charge is 2.22. The number of hydrogen-bond donors (Lipinski definition) is 1. The average Bonchev–Trinajstić information content (AvgIpc) is 3.05. The maximum atomic E-state index is 12.3. The molecular formula is C16H27N3OS. The van der Waals surface area contributed by atoms with Crippen LogP contribution in [-0.2, 0) is 16.8 Å². The third kappa shape index (κ3) is 4.27. The number of nitrogens with zero attached hydrogens (tertiary/aromatic N) is 2. The third-order valence-electron chi connectivity index (χ3n) is 3.81. The lowest BCUT2D eigenvalue weighted by atomic mass is 10.1. The molecular weight excluding hydrogens is 282 g/mol. The van der Waals surface area contributed by atoms with Gasteiger partial charge in [0.2, 0.25) is 0 Å². The van der Waals surface area contributed by atoms with Gasteiger partial charge >= 0.3 is 0 Å². The van der Waals surface area contributed by atoms with E-state index in [1.165, 1.54) is 5.56 Å². The van der Waals surface area contributed by atoms with E-state index in [2.05, 4.69) is 48.2 Å². The lowest BCUT2D eigenvalue weighted by molar-refractivity contribution is -0.121. The molecule has 1 atom stereocenters. The number of rotatable bonds is 4. The average molecular weight is 309 g/mol. The Kier molecular flexibility index (Phi) is 5.38. The number of unbranched alkanes of at least 4 members (excludes halogenated alkanes) is 1. The summed E-state index contributed by atoms with van der Waals surface area (Å²) in [6.07, 6.45) is 6.40. The van der Waals surface area contributed by atoms with E-state index in [4.69, 9.17) is 0 Å². The zero-order valence-corrected chi connectivity index (χ0v) is 14.4. The van der Waals surface area contributed by atoms with Crippen LogP contribution in [0.4, 0.5) is 0 Å². The molecule has 1 aromatic heterocycles. The monoisotopic (exact) mass is 309 g/mol. The molecule has 0 bridgehead atoms. The molecule has 1 aliphatic rings. The maximum Gasteiger partial charge on any atom is 0.251 e. The fourth-order valence-corrected chi connectivity index (χ4v) is 3.44. The van der Waals surface area contributed by atoms with Crippen molar-refractivity contribution in [3.05, 3.63) is 16.4 Å². The summed E-state index contributed by atoms with van der Waals surface area (Å²) in [6.45, 7) is 10.4. The van der Waals surface area contributed by atoms with Crippen molar-refractivity contribution < 1.29 is 4.79 Å². The Morgan fingerprint density at radius 3 is 2.86 bits per heavy atom. The molecule has 0 radical (unpaired) electrons. The minimum atomic E-state index is 0.0391. The van der Waals surface area contributed by atoms with Gasteiger partial charge in [-0.15, -0.1) is 0 Å². The quantitative estimate of drug-likeness (QED) is 0.929. The van der Waals surface area contributed by atoms with Gasteiger partial charge in [-0.25, -0.2) is 4.99 Å². The van der Waals surface area contributed by atoms with Gasteiger partial charge in [0.25, 0.3) is 5.91 Å². The molecule has 1 saturated heterocycles. The van der Waals surface area contributed by atoms with Gasteiger partial charge in [0.05, 0.1) is 5.92 Å². The molecule has 4 nitrogen and oxygen atoms in total. The zero-order chi connectivity index (χ0) is 15.5. The number of hydrogen-bond acceptors (Lipinski definition) is 3. The number of amides is 1. The van der Waals surface area contributed by atoms with E-state index in [0.717, 1.165) is 43.4 Å². The maximum absolute atomic E-state index is 12.3. The van der Waals surface area contributed by atoms with Crippen molar-refractivity contribution >= 4 is 17.4 Å². The molecule has 1 aliphatic heterocycles. The highest BCUT2D eigenvalue weighted by molar-refractivity contribution is 7.04. The van der Waals surface area contributed by atoms with Crippen molar-refractivity contribution in [1.82, 2.24) is 9.27 Å². The van der Waals surface area contributed by atoms with Crippen molar-refractivity contribution in [2.24, 2.45) is 10.9 Å². The molecule has 2 heterocycles. The number of carbonyl (C=O) groups is 1. The number of aryl methyl sites for hydroxylation is 1. The van der Waals surface area contributed by atoms with Crippen LogP contribution >= 0.6 is 11.5 Å². The first kappa shape index (κ1) is 16.4. The molecule has 5 heteroatoms. The fraction of sp³-hybridized carbons (Fsp3) is 0.750. The van der Waals surface area contributed by atoms with Gasteiger partial charge in [-0.05, 0) is 58.1 Å². The Morgan fingerprint density at radius 2 is 2.29 bits per heavy atom. The zero-order valence-electron chi connectivity index (χ0n) is 13.6. The third-order valence-corrected chi connectivity index (χ3v) is 5.19. The SMILES string of the molecule is CCCCc1cn(C(C)(C)C)s/c1=N\C(=O)C1CCNC1. The first-order chi connectivity index (χ1) is 9.91. The van der Waals surface area contributed by atoms with E-state index in [9.17, 15) is 4.79 Å². The van der Waals surface area contributed by atoms with Crippen LogP contribution in [0.2, 0.25) is 0 Å². The smallest absolute Gasteiger partial charge is 0.251 e. The second-order valence-electron chi connectivity index (χ2n) is 6.79. The van der Waals surface area contributed by atoms with E-state index in [1.54, 1.807) is 11.5 Å². The first-order valence-corrected chi connectivity index (χ1v) is 8.70. The molecule has 0 spiro atoms. The molecule has 1 aromatic rings. The van der Waals surface area contributed by atoms with Gasteiger partial charge < -0.3 is 5.32 Å². The van der Waals surface area contributed by atoms with Gasteiger partial charge in [-0.3, -0.25) is 8.75 Å². The molecule has 2 rings (SSSR count). The molecule has 0 aromatic carbocycles. The molecule has 21 heavy (non-hydrogen) atoms. The van der Waals surface area contributed by atoms with Crippen molar-refractivity contribution in [2.75, 3.05) is 13.1 Å². The number of carbonyl (C=O) groups excluding carboxylic acids is 1. The van der Waals surface area contributed by atoms with Crippen LogP contribution in [0.5, 0.6) is 0 Å². The normalized spacial score (nSPS) is 20.2. The topological polar surface area (TPSA) is 46.4 Å². The minimum Gasteiger partial charge on any atom is -0.316 e. The van der Waals surface area contributed by atoms with Gasteiger partial charge in [0.15, 0.2) is 0 Å². The summed E-state index contributed by atoms with van der Waals surface area (Å²) in [6, 6.07) is 0. The second kappa shape index (κ2) is 6.88. The summed E-state index contributed by atoms with van der Waals surface area (Å²) in [5.74, 6) is 0.106. The van der Waals surface area contributed by atoms with Crippen molar-refractivity contribution in [3.8, 4) is 0 Å². The standard InChI is InChI=1S/C16H27N3OS/c1-5-6-7-13-11-19(16(2,3)4)21-15(13)18-14(20)12-8-9-17-10-12/h11-12,17H,5-10H2,1-4H3/b18-15-. The van der Waals surface area contributed by atoms with Crippen molar-refractivity contribution in [3.63, 3.8) is 0 Å². The van der Waals surface area contributed by atoms with Crippen LogP contribution in [0.25, 0.3) is 0 Å². The minimum absolute atomic E-state index is 0.0391. The van der Waals surface area contributed by atoms with Gasteiger partial charge in [0.1, 0.15) is 4.67 Å². The summed E-state index contributed by atoms with van der Waals surface area (Å²) < 4.78 is 3.13. The first-order valence-electron chi connectivity index (χ1n) is 7.93. The van der Waals surface area contributed by atoms with Crippen molar-refractivity contribution in [2.45, 2.75) is 58.9 Å². The van der Waals surface area contributed by atoms with Crippen LogP contribution in [0.3, 0.4) is 0 Å². The highest BCUT2D eigenvalue weighted by Crippen LogP contribution is 2.18. The predicted molar refractivity (Wildman–Crippen MR) is 87.5 cm³/mol. The largest absolute Gasteiger partial charge is 0.316 e. The highest BCUT2D eigenvalue weighted by atomic mass is 32.1. The Morgan fingerprint density at radius 1 is 1.52 bits per heavy atom. The molecule has 0 aliphatic carbocycles. The van der Waals surface area contributed by atoms with Crippen LogP contribution in [-0.4, -0.2) is 23.0 Å². The molecule has 0 saturated carbocycles. The van der Waals surface area contributed by atoms with Gasteiger partial charge in [-0.1, -0.05) is 13.3 Å². The Hall–Kier alpha value is -0.940. The summed E-state index contributed by atoms with van der Waals surface area (Å²) >= 11 is 1.61. The van der Waals surface area contributed by atoms with E-state index >= 15 is 0 Å². The van der Waals surface area contributed by atoms with E-state index in [1.807, 2.05) is 0 Å². The van der Waals surface area contributed by atoms with Crippen LogP contribution in [0, 0.1) is 5.92 Å². The lowest BCUT2D eigenvalue weighted by Crippen LogP contribution is -2.19. The number of aromatic nitrogens is 1. The molecule has 1 N–H and O–H groups in total. The van der Waals surface area contributed by atoms with Crippen LogP contribution in [0.15, 0.2) is 11.2 Å². The number of nitrogens with one attached hydrogen (secondary N) is 1. The van der Waals surface area contributed by atoms with E-state index in [-0.39, 0.29) is 17.4 Å². The summed E-state index contributed by atoms with van der Waals surface area (Å²) in [7, 11) is 0. The molecule has 1 fully saturated rings. The van der Waals surface area contributed by atoms with E-state index in [0.29, 0.717) is 0 Å². The Labute approximate surface area is 131 Å². The van der Waals surface area contributed by atoms with Crippen molar-refractivity contribution in [1.29, 1.82) is 0 Å². The second-order valence-corrected chi connectivity index (χ2v) is 7.75. The molecule has 1 amide bonds. The van der Waals surface area contributed by atoms with Crippen LogP contribution in [0.1, 0.15) is 52.5 Å². The molecule has 118 valence electrons. The predicted octanol–water partition coefficient (Wildman–Crippen LogP) is 2.68. The summed E-state index contributed by atoms with van der Waals surface area (Å²) in [4.78, 5) is 16.7. The fourth-order valence-electron chi connectivity index (χ4n) is 2.39. The summed E-state index contributed by atoms with van der Waals surface area (Å²) in [5.41, 5.74) is 1.26. The van der Waals surface area contributed by atoms with E-state index < -0.39 is 0 Å². The van der Waals surface area contributed by atoms with Gasteiger partial charge in [-0.2, -0.15) is 0 Å².